The Bertz CT molecular complexity index is 1270. The minimum Gasteiger partial charge on any atom is -0.464 e. The number of imidazole rings is 1. The summed E-state index contributed by atoms with van der Waals surface area (Å²) in [6, 6.07) is 3.58. The molecule has 1 aromatic carbocycles. The summed E-state index contributed by atoms with van der Waals surface area (Å²) in [6.07, 6.45) is 6.65. The first-order valence-electron chi connectivity index (χ1n) is 9.13. The third-order valence-electron chi connectivity index (χ3n) is 4.67. The Morgan fingerprint density at radius 3 is 2.42 bits per heavy atom. The molecule has 168 valence electrons. The largest absolute Gasteiger partial charge is 0.464 e. The number of hydrogen-bond donors (Lipinski definition) is 0. The lowest BCUT2D eigenvalue weighted by Gasteiger charge is -2.34. The van der Waals surface area contributed by atoms with Crippen molar-refractivity contribution in [2.45, 2.75) is 25.4 Å². The predicted octanol–water partition coefficient (Wildman–Crippen LogP) is 1.87. The van der Waals surface area contributed by atoms with Gasteiger partial charge in [0, 0.05) is 12.4 Å². The van der Waals surface area contributed by atoms with E-state index in [-0.39, 0.29) is 11.4 Å². The van der Waals surface area contributed by atoms with Crippen LogP contribution in [0.4, 0.5) is 0 Å². The van der Waals surface area contributed by atoms with Gasteiger partial charge in [0.15, 0.2) is 0 Å². The highest BCUT2D eigenvalue weighted by Gasteiger charge is 2.40. The van der Waals surface area contributed by atoms with E-state index in [1.165, 1.54) is 19.6 Å². The fourth-order valence-electron chi connectivity index (χ4n) is 3.55. The zero-order chi connectivity index (χ0) is 23.0. The molecule has 10 nitrogen and oxygen atoms in total. The lowest BCUT2D eigenvalue weighted by Crippen LogP contribution is -2.47. The second kappa shape index (κ2) is 8.65. The highest BCUT2D eigenvalue weighted by Crippen LogP contribution is 2.34. The van der Waals surface area contributed by atoms with Gasteiger partial charge in [-0.3, -0.25) is 0 Å². The van der Waals surface area contributed by atoms with Crippen LogP contribution < -0.4 is 0 Å². The molecule has 3 aromatic rings. The fraction of sp³-hybridized carbons (Fsp3) is 0.389. The van der Waals surface area contributed by atoms with Crippen LogP contribution in [0.25, 0.3) is 10.2 Å². The van der Waals surface area contributed by atoms with Crippen molar-refractivity contribution in [3.05, 3.63) is 47.5 Å². The molecule has 0 bridgehead atoms. The minimum atomic E-state index is -4.09. The molecule has 0 aliphatic rings. The third kappa shape index (κ3) is 4.79. The summed E-state index contributed by atoms with van der Waals surface area (Å²) in [6.45, 7) is 1.72. The Morgan fingerprint density at radius 1 is 1.23 bits per heavy atom. The number of thiazole rings is 1. The Hall–Kier alpha value is -2.35. The van der Waals surface area contributed by atoms with Crippen molar-refractivity contribution in [2.24, 2.45) is 0 Å². The number of hydrogen-bond acceptors (Lipinski definition) is 9. The average Bonchev–Trinajstić information content (AvgIpc) is 3.34. The molecule has 0 saturated heterocycles. The van der Waals surface area contributed by atoms with Crippen LogP contribution in [-0.2, 0) is 24.8 Å². The van der Waals surface area contributed by atoms with Gasteiger partial charge in [-0.1, -0.05) is 16.7 Å². The fourth-order valence-corrected chi connectivity index (χ4v) is 7.96. The van der Waals surface area contributed by atoms with Crippen molar-refractivity contribution >= 4 is 47.6 Å². The number of aromatic nitrogens is 3. The number of benzene rings is 1. The van der Waals surface area contributed by atoms with Crippen LogP contribution in [0.15, 0.2) is 36.9 Å². The highest BCUT2D eigenvalue weighted by atomic mass is 32.3. The standard InChI is InChI=1S/C18H22N4O6S3/c1-5-14(22(30(3,24)25)31(4,26)27)16(21-9-8-19-11-21)12-6-7-13-15(10-12)29-17(20-13)18(23)28-2/h6-11,14,16H,5H2,1-4H3. The van der Waals surface area contributed by atoms with Gasteiger partial charge in [0.1, 0.15) is 0 Å². The van der Waals surface area contributed by atoms with E-state index in [0.29, 0.717) is 19.5 Å². The van der Waals surface area contributed by atoms with E-state index in [0.717, 1.165) is 23.8 Å². The van der Waals surface area contributed by atoms with Gasteiger partial charge in [-0.2, -0.15) is 0 Å². The maximum Gasteiger partial charge on any atom is 0.367 e. The van der Waals surface area contributed by atoms with E-state index in [1.54, 1.807) is 35.9 Å². The van der Waals surface area contributed by atoms with Crippen molar-refractivity contribution < 1.29 is 26.4 Å². The second-order valence-corrected chi connectivity index (χ2v) is 11.9. The monoisotopic (exact) mass is 486 g/mol. The number of esters is 1. The van der Waals surface area contributed by atoms with Gasteiger partial charge < -0.3 is 9.30 Å². The zero-order valence-corrected chi connectivity index (χ0v) is 19.7. The minimum absolute atomic E-state index is 0.190. The van der Waals surface area contributed by atoms with Gasteiger partial charge in [0.2, 0.25) is 25.1 Å². The molecule has 0 N–H and O–H groups in total. The van der Waals surface area contributed by atoms with E-state index in [1.807, 2.05) is 0 Å². The topological polar surface area (TPSA) is 129 Å². The third-order valence-corrected chi connectivity index (χ3v) is 9.14. The maximum atomic E-state index is 12.5. The molecule has 0 spiro atoms. The van der Waals surface area contributed by atoms with E-state index in [9.17, 15) is 21.6 Å². The second-order valence-electron chi connectivity index (χ2n) is 6.92. The highest BCUT2D eigenvalue weighted by molar-refractivity contribution is 8.03. The zero-order valence-electron chi connectivity index (χ0n) is 17.3. The Kier molecular flexibility index (Phi) is 6.51. The van der Waals surface area contributed by atoms with Crippen LogP contribution in [0.1, 0.15) is 34.8 Å². The number of fused-ring (bicyclic) bond motifs is 1. The van der Waals surface area contributed by atoms with Gasteiger partial charge in [-0.05, 0) is 24.1 Å². The Balaban J connectivity index is 2.21. The molecule has 0 fully saturated rings. The molecule has 3 rings (SSSR count). The van der Waals surface area contributed by atoms with Gasteiger partial charge >= 0.3 is 5.97 Å². The van der Waals surface area contributed by atoms with Crippen LogP contribution >= 0.6 is 11.3 Å². The quantitative estimate of drug-likeness (QED) is 0.441. The molecule has 0 saturated carbocycles. The molecule has 2 aromatic heterocycles. The summed E-state index contributed by atoms with van der Waals surface area (Å²) in [5, 5.41) is 0.190. The van der Waals surface area contributed by atoms with Gasteiger partial charge in [-0.15, -0.1) is 11.3 Å². The summed E-state index contributed by atoms with van der Waals surface area (Å²) >= 11 is 1.14. The summed E-state index contributed by atoms with van der Waals surface area (Å²) in [7, 11) is -6.91. The number of ether oxygens (including phenoxy) is 1. The van der Waals surface area contributed by atoms with Gasteiger partial charge in [0.25, 0.3) is 0 Å². The molecule has 0 aliphatic carbocycles. The lowest BCUT2D eigenvalue weighted by molar-refractivity contribution is 0.0600. The van der Waals surface area contributed by atoms with E-state index < -0.39 is 38.1 Å². The predicted molar refractivity (Wildman–Crippen MR) is 117 cm³/mol. The first-order chi connectivity index (χ1) is 14.5. The normalized spacial score (nSPS) is 14.6. The number of carbonyl (C=O) groups excluding carboxylic acids is 1. The maximum absolute atomic E-state index is 12.5. The molecular formula is C18H22N4O6S3. The molecule has 2 unspecified atom stereocenters. The number of rotatable bonds is 8. The van der Waals surface area contributed by atoms with Crippen molar-refractivity contribution in [2.75, 3.05) is 19.6 Å². The number of carbonyl (C=O) groups is 1. The Labute approximate surface area is 184 Å². The SMILES string of the molecule is CCC(C(c1ccc2nc(C(=O)OC)sc2c1)n1ccnc1)N(S(C)(=O)=O)S(C)(=O)=O. The van der Waals surface area contributed by atoms with Gasteiger partial charge in [0.05, 0.1) is 48.2 Å². The van der Waals surface area contributed by atoms with Crippen LogP contribution in [-0.4, -0.2) is 66.7 Å². The summed E-state index contributed by atoms with van der Waals surface area (Å²) in [5.41, 5.74) is 1.23. The molecule has 31 heavy (non-hydrogen) atoms. The van der Waals surface area contributed by atoms with Crippen molar-refractivity contribution in [1.29, 1.82) is 0 Å². The molecule has 2 atom stereocenters. The summed E-state index contributed by atoms with van der Waals surface area (Å²) < 4.78 is 57.5. The van der Waals surface area contributed by atoms with Crippen LogP contribution in [0.2, 0.25) is 0 Å². The molecule has 2 heterocycles. The lowest BCUT2D eigenvalue weighted by atomic mass is 9.97. The van der Waals surface area contributed by atoms with E-state index in [4.69, 9.17) is 4.74 Å². The average molecular weight is 487 g/mol. The van der Waals surface area contributed by atoms with Crippen molar-refractivity contribution in [1.82, 2.24) is 18.2 Å². The smallest absolute Gasteiger partial charge is 0.367 e. The molecule has 0 radical (unpaired) electrons. The van der Waals surface area contributed by atoms with Gasteiger partial charge in [-0.25, -0.2) is 31.6 Å². The summed E-state index contributed by atoms with van der Waals surface area (Å²) in [4.78, 5) is 20.1. The number of sulfonamides is 2. The molecule has 0 amide bonds. The molecule has 0 aliphatic heterocycles. The van der Waals surface area contributed by atoms with E-state index in [2.05, 4.69) is 9.97 Å². The van der Waals surface area contributed by atoms with Crippen LogP contribution in [0, 0.1) is 0 Å². The summed E-state index contributed by atoms with van der Waals surface area (Å²) in [5.74, 6) is -0.555. The number of methoxy groups -OCH3 is 1. The van der Waals surface area contributed by atoms with Crippen LogP contribution in [0.5, 0.6) is 0 Å². The van der Waals surface area contributed by atoms with Crippen molar-refractivity contribution in [3.63, 3.8) is 0 Å². The molecular weight excluding hydrogens is 464 g/mol. The Morgan fingerprint density at radius 2 is 1.90 bits per heavy atom. The first-order valence-corrected chi connectivity index (χ1v) is 13.6. The first kappa shape index (κ1) is 23.3. The van der Waals surface area contributed by atoms with E-state index >= 15 is 0 Å². The van der Waals surface area contributed by atoms with Crippen LogP contribution in [0.3, 0.4) is 0 Å². The van der Waals surface area contributed by atoms with Crippen molar-refractivity contribution in [3.8, 4) is 0 Å². The molecule has 13 heteroatoms. The number of nitrogens with zero attached hydrogens (tertiary/aromatic N) is 4.